The first-order valence-corrected chi connectivity index (χ1v) is 9.19. The van der Waals surface area contributed by atoms with Crippen LogP contribution in [0.2, 0.25) is 5.02 Å². The monoisotopic (exact) mass is 375 g/mol. The van der Waals surface area contributed by atoms with Gasteiger partial charge in [-0.3, -0.25) is 0 Å². The number of sulfonamides is 1. The first-order valence-electron chi connectivity index (χ1n) is 7.37. The number of halogens is 2. The minimum Gasteiger partial charge on any atom is -0.317 e. The smallest absolute Gasteiger partial charge is 0.244 e. The van der Waals surface area contributed by atoms with Crippen LogP contribution in [-0.4, -0.2) is 38.9 Å². The van der Waals surface area contributed by atoms with Gasteiger partial charge >= 0.3 is 0 Å². The fourth-order valence-electron chi connectivity index (χ4n) is 3.38. The Kier molecular flexibility index (Phi) is 5.59. The highest BCUT2D eigenvalue weighted by Crippen LogP contribution is 2.41. The molecule has 1 N–H and O–H groups in total. The summed E-state index contributed by atoms with van der Waals surface area (Å²) in [6.45, 7) is 3.00. The third kappa shape index (κ3) is 3.49. The highest BCUT2D eigenvalue weighted by Gasteiger charge is 2.43. The van der Waals surface area contributed by atoms with Crippen molar-refractivity contribution < 1.29 is 8.42 Å². The Labute approximate surface area is 148 Å². The van der Waals surface area contributed by atoms with Gasteiger partial charge in [0.1, 0.15) is 4.90 Å². The Bertz CT molecular complexity index is 725. The summed E-state index contributed by atoms with van der Waals surface area (Å²) in [7, 11) is -3.60. The second-order valence-corrected chi connectivity index (χ2v) is 8.41. The zero-order valence-corrected chi connectivity index (χ0v) is 15.0. The Hall–Kier alpha value is -0.840. The predicted octanol–water partition coefficient (Wildman–Crippen LogP) is 2.40. The third-order valence-corrected chi connectivity index (χ3v) is 7.07. The molecule has 2 aliphatic heterocycles. The van der Waals surface area contributed by atoms with Crippen LogP contribution < -0.4 is 5.32 Å². The van der Waals surface area contributed by atoms with Crippen LogP contribution in [0.5, 0.6) is 0 Å². The van der Waals surface area contributed by atoms with Crippen LogP contribution in [0, 0.1) is 16.7 Å². The lowest BCUT2D eigenvalue weighted by Gasteiger charge is -2.33. The zero-order chi connectivity index (χ0) is 15.8. The average Bonchev–Trinajstić information content (AvgIpc) is 2.92. The average molecular weight is 376 g/mol. The van der Waals surface area contributed by atoms with Gasteiger partial charge in [-0.1, -0.05) is 11.6 Å². The molecule has 126 valence electrons. The number of hydrogen-bond donors (Lipinski definition) is 1. The predicted molar refractivity (Wildman–Crippen MR) is 91.3 cm³/mol. The molecule has 0 radical (unpaired) electrons. The second kappa shape index (κ2) is 6.96. The van der Waals surface area contributed by atoms with E-state index in [9.17, 15) is 8.42 Å². The lowest BCUT2D eigenvalue weighted by atomic mass is 9.78. The lowest BCUT2D eigenvalue weighted by Crippen LogP contribution is -2.39. The van der Waals surface area contributed by atoms with Gasteiger partial charge in [-0.2, -0.15) is 9.57 Å². The third-order valence-electron chi connectivity index (χ3n) is 4.75. The second-order valence-electron chi connectivity index (χ2n) is 6.10. The molecular weight excluding hydrogens is 357 g/mol. The molecule has 0 aliphatic carbocycles. The van der Waals surface area contributed by atoms with E-state index < -0.39 is 10.0 Å². The molecule has 2 saturated heterocycles. The highest BCUT2D eigenvalue weighted by atomic mass is 35.5. The molecule has 0 aromatic heterocycles. The molecule has 3 rings (SSSR count). The normalized spacial score (nSPS) is 20.9. The molecular formula is C15H19Cl2N3O2S. The van der Waals surface area contributed by atoms with E-state index in [2.05, 4.69) is 5.32 Å². The van der Waals surface area contributed by atoms with Gasteiger partial charge in [0.15, 0.2) is 0 Å². The van der Waals surface area contributed by atoms with Gasteiger partial charge in [-0.15, -0.1) is 12.4 Å². The van der Waals surface area contributed by atoms with Gasteiger partial charge < -0.3 is 5.32 Å². The quantitative estimate of drug-likeness (QED) is 0.860. The number of nitriles is 1. The number of hydrogen-bond acceptors (Lipinski definition) is 4. The van der Waals surface area contributed by atoms with Gasteiger partial charge in [-0.25, -0.2) is 8.42 Å². The highest BCUT2D eigenvalue weighted by molar-refractivity contribution is 7.89. The topological polar surface area (TPSA) is 73.2 Å². The van der Waals surface area contributed by atoms with Gasteiger partial charge in [0, 0.05) is 13.1 Å². The largest absolute Gasteiger partial charge is 0.317 e. The number of benzene rings is 1. The maximum Gasteiger partial charge on any atom is 0.244 e. The molecule has 2 heterocycles. The summed E-state index contributed by atoms with van der Waals surface area (Å²) in [4.78, 5) is 0.0964. The minimum atomic E-state index is -3.60. The number of nitrogens with one attached hydrogen (secondary N) is 1. The SMILES string of the molecule is Cl.N#Cc1ccc(S(=O)(=O)N2CCC3(CCNCC3)C2)c(Cl)c1. The van der Waals surface area contributed by atoms with Crippen molar-refractivity contribution in [3.05, 3.63) is 28.8 Å². The van der Waals surface area contributed by atoms with Crippen LogP contribution in [0.15, 0.2) is 23.1 Å². The van der Waals surface area contributed by atoms with Crippen molar-refractivity contribution in [2.75, 3.05) is 26.2 Å². The molecule has 23 heavy (non-hydrogen) atoms. The molecule has 0 saturated carbocycles. The van der Waals surface area contributed by atoms with E-state index in [1.807, 2.05) is 6.07 Å². The summed E-state index contributed by atoms with van der Waals surface area (Å²) in [5.41, 5.74) is 0.470. The van der Waals surface area contributed by atoms with Crippen molar-refractivity contribution in [1.82, 2.24) is 9.62 Å². The first kappa shape index (κ1) is 18.5. The summed E-state index contributed by atoms with van der Waals surface area (Å²) in [5, 5.41) is 12.3. The van der Waals surface area contributed by atoms with Crippen LogP contribution in [-0.2, 0) is 10.0 Å². The molecule has 8 heteroatoms. The number of rotatable bonds is 2. The van der Waals surface area contributed by atoms with E-state index in [4.69, 9.17) is 16.9 Å². The van der Waals surface area contributed by atoms with E-state index in [-0.39, 0.29) is 27.7 Å². The van der Waals surface area contributed by atoms with Crippen molar-refractivity contribution in [1.29, 1.82) is 5.26 Å². The molecule has 1 aromatic carbocycles. The van der Waals surface area contributed by atoms with Crippen molar-refractivity contribution in [2.45, 2.75) is 24.2 Å². The molecule has 1 aromatic rings. The summed E-state index contributed by atoms with van der Waals surface area (Å²) in [6, 6.07) is 6.30. The Morgan fingerprint density at radius 2 is 1.96 bits per heavy atom. The first-order chi connectivity index (χ1) is 10.5. The van der Waals surface area contributed by atoms with Crippen molar-refractivity contribution in [3.8, 4) is 6.07 Å². The van der Waals surface area contributed by atoms with Crippen LogP contribution in [0.4, 0.5) is 0 Å². The Morgan fingerprint density at radius 1 is 1.26 bits per heavy atom. The van der Waals surface area contributed by atoms with Crippen LogP contribution >= 0.6 is 24.0 Å². The maximum atomic E-state index is 12.8. The van der Waals surface area contributed by atoms with E-state index in [0.29, 0.717) is 18.7 Å². The summed E-state index contributed by atoms with van der Waals surface area (Å²) in [5.74, 6) is 0. The van der Waals surface area contributed by atoms with Gasteiger partial charge in [0.25, 0.3) is 0 Å². The number of nitrogens with zero attached hydrogens (tertiary/aromatic N) is 2. The van der Waals surface area contributed by atoms with E-state index in [1.165, 1.54) is 18.2 Å². The molecule has 5 nitrogen and oxygen atoms in total. The fourth-order valence-corrected chi connectivity index (χ4v) is 5.46. The van der Waals surface area contributed by atoms with E-state index >= 15 is 0 Å². The maximum absolute atomic E-state index is 12.8. The van der Waals surface area contributed by atoms with E-state index in [1.54, 1.807) is 4.31 Å². The number of piperidine rings is 1. The molecule has 0 bridgehead atoms. The summed E-state index contributed by atoms with van der Waals surface area (Å²) < 4.78 is 27.2. The minimum absolute atomic E-state index is 0. The van der Waals surface area contributed by atoms with Crippen LogP contribution in [0.3, 0.4) is 0 Å². The molecule has 0 amide bonds. The van der Waals surface area contributed by atoms with Crippen molar-refractivity contribution in [3.63, 3.8) is 0 Å². The summed E-state index contributed by atoms with van der Waals surface area (Å²) >= 11 is 6.08. The van der Waals surface area contributed by atoms with Gasteiger partial charge in [0.2, 0.25) is 10.0 Å². The summed E-state index contributed by atoms with van der Waals surface area (Å²) in [6.07, 6.45) is 2.93. The van der Waals surface area contributed by atoms with Crippen molar-refractivity contribution in [2.24, 2.45) is 5.41 Å². The zero-order valence-electron chi connectivity index (χ0n) is 12.6. The standard InChI is InChI=1S/C15H18ClN3O2S.ClH/c16-13-9-12(10-17)1-2-14(13)22(20,21)19-8-5-15(11-19)3-6-18-7-4-15;/h1-2,9,18H,3-8,11H2;1H. The van der Waals surface area contributed by atoms with Crippen LogP contribution in [0.25, 0.3) is 0 Å². The van der Waals surface area contributed by atoms with E-state index in [0.717, 1.165) is 32.4 Å². The van der Waals surface area contributed by atoms with Gasteiger partial charge in [-0.05, 0) is 56.0 Å². The lowest BCUT2D eigenvalue weighted by molar-refractivity contribution is 0.218. The van der Waals surface area contributed by atoms with Gasteiger partial charge in [0.05, 0.1) is 16.7 Å². The molecule has 0 unspecified atom stereocenters. The fraction of sp³-hybridized carbons (Fsp3) is 0.533. The van der Waals surface area contributed by atoms with Crippen molar-refractivity contribution >= 4 is 34.0 Å². The molecule has 0 atom stereocenters. The van der Waals surface area contributed by atoms with Crippen LogP contribution in [0.1, 0.15) is 24.8 Å². The Morgan fingerprint density at radius 3 is 2.57 bits per heavy atom. The molecule has 2 fully saturated rings. The molecule has 2 aliphatic rings. The molecule has 1 spiro atoms. The Balaban J connectivity index is 0.00000192.